The standard InChI is InChI=1S/C31H26F5N3O4S/c1-5-30(32,33)27-17-39(18(2)37-27)26-14-11-22(21-7-6-8-24(15-21)44(4,40)41)16-25(26)28-29(42-19(3)38-28)20-9-12-23(13-10-20)43-31(34,35)36/h6-17H,5H2,1-4H3. The Morgan fingerprint density at radius 1 is 0.886 bits per heavy atom. The van der Waals surface area contributed by atoms with Crippen molar-refractivity contribution in [2.24, 2.45) is 0 Å². The van der Waals surface area contributed by atoms with Gasteiger partial charge in [-0.15, -0.1) is 13.2 Å². The third-order valence-electron chi connectivity index (χ3n) is 6.89. The molecule has 230 valence electrons. The van der Waals surface area contributed by atoms with Gasteiger partial charge in [0.1, 0.15) is 23.0 Å². The average molecular weight is 632 g/mol. The van der Waals surface area contributed by atoms with Crippen LogP contribution in [0.5, 0.6) is 5.75 Å². The quantitative estimate of drug-likeness (QED) is 0.160. The van der Waals surface area contributed by atoms with Gasteiger partial charge in [0.05, 0.1) is 10.6 Å². The first-order chi connectivity index (χ1) is 20.6. The van der Waals surface area contributed by atoms with E-state index < -0.39 is 40.0 Å². The molecule has 13 heteroatoms. The molecule has 0 spiro atoms. The molecule has 0 saturated heterocycles. The van der Waals surface area contributed by atoms with E-state index in [0.717, 1.165) is 18.4 Å². The van der Waals surface area contributed by atoms with E-state index in [2.05, 4.69) is 14.7 Å². The van der Waals surface area contributed by atoms with E-state index in [1.807, 2.05) is 0 Å². The van der Waals surface area contributed by atoms with E-state index in [9.17, 15) is 30.4 Å². The molecule has 5 aromatic rings. The molecule has 7 nitrogen and oxygen atoms in total. The molecule has 0 radical (unpaired) electrons. The first kappa shape index (κ1) is 30.9. The number of hydrogen-bond donors (Lipinski definition) is 0. The van der Waals surface area contributed by atoms with E-state index in [4.69, 9.17) is 4.42 Å². The highest BCUT2D eigenvalue weighted by molar-refractivity contribution is 7.90. The molecule has 0 fully saturated rings. The maximum atomic E-state index is 14.6. The lowest BCUT2D eigenvalue weighted by Gasteiger charge is -2.15. The van der Waals surface area contributed by atoms with Crippen LogP contribution in [-0.2, 0) is 15.8 Å². The molecule has 2 aromatic heterocycles. The minimum atomic E-state index is -4.87. The van der Waals surface area contributed by atoms with Crippen molar-refractivity contribution in [3.63, 3.8) is 0 Å². The number of aryl methyl sites for hydroxylation is 2. The lowest BCUT2D eigenvalue weighted by atomic mass is 9.98. The summed E-state index contributed by atoms with van der Waals surface area (Å²) in [5.41, 5.74) is 2.24. The van der Waals surface area contributed by atoms with Crippen molar-refractivity contribution < 1.29 is 39.5 Å². The van der Waals surface area contributed by atoms with Gasteiger partial charge in [0.25, 0.3) is 5.92 Å². The minimum absolute atomic E-state index is 0.108. The first-order valence-electron chi connectivity index (χ1n) is 13.3. The van der Waals surface area contributed by atoms with Gasteiger partial charge in [0.15, 0.2) is 21.5 Å². The molecule has 0 bridgehead atoms. The van der Waals surface area contributed by atoms with Gasteiger partial charge in [-0.3, -0.25) is 0 Å². The third kappa shape index (κ3) is 6.37. The van der Waals surface area contributed by atoms with E-state index >= 15 is 0 Å². The van der Waals surface area contributed by atoms with Gasteiger partial charge in [0, 0.05) is 36.9 Å². The molecule has 0 atom stereocenters. The summed E-state index contributed by atoms with van der Waals surface area (Å²) in [5, 5.41) is 0. The molecule has 0 unspecified atom stereocenters. The van der Waals surface area contributed by atoms with Crippen molar-refractivity contribution in [3.8, 4) is 45.1 Å². The molecule has 0 aliphatic rings. The highest BCUT2D eigenvalue weighted by atomic mass is 32.2. The summed E-state index contributed by atoms with van der Waals surface area (Å²) in [6, 6.07) is 16.5. The molecule has 0 aliphatic carbocycles. The topological polar surface area (TPSA) is 87.2 Å². The zero-order chi connectivity index (χ0) is 32.0. The largest absolute Gasteiger partial charge is 0.573 e. The van der Waals surface area contributed by atoms with Gasteiger partial charge < -0.3 is 13.7 Å². The summed E-state index contributed by atoms with van der Waals surface area (Å²) in [4.78, 5) is 8.78. The van der Waals surface area contributed by atoms with Gasteiger partial charge in [-0.05, 0) is 66.6 Å². The number of rotatable bonds is 8. The second-order valence-corrected chi connectivity index (χ2v) is 12.1. The van der Waals surface area contributed by atoms with Crippen molar-refractivity contribution in [1.82, 2.24) is 14.5 Å². The number of nitrogens with zero attached hydrogens (tertiary/aromatic N) is 3. The van der Waals surface area contributed by atoms with Crippen molar-refractivity contribution in [2.75, 3.05) is 6.26 Å². The number of benzene rings is 3. The number of ether oxygens (including phenoxy) is 1. The van der Waals surface area contributed by atoms with Crippen molar-refractivity contribution in [2.45, 2.75) is 44.4 Å². The molecule has 44 heavy (non-hydrogen) atoms. The SMILES string of the molecule is CCC(F)(F)c1cn(-c2ccc(-c3cccc(S(C)(=O)=O)c3)cc2-c2nc(C)oc2-c2ccc(OC(F)(F)F)cc2)c(C)n1. The molecular formula is C31H26F5N3O4S. The van der Waals surface area contributed by atoms with Crippen molar-refractivity contribution >= 4 is 9.84 Å². The van der Waals surface area contributed by atoms with E-state index in [-0.39, 0.29) is 28.1 Å². The predicted molar refractivity (Wildman–Crippen MR) is 153 cm³/mol. The highest BCUT2D eigenvalue weighted by Gasteiger charge is 2.33. The molecule has 0 N–H and O–H groups in total. The Balaban J connectivity index is 1.72. The molecule has 0 saturated carbocycles. The Labute approximate surface area is 249 Å². The Morgan fingerprint density at radius 2 is 1.55 bits per heavy atom. The number of aromatic nitrogens is 3. The summed E-state index contributed by atoms with van der Waals surface area (Å²) >= 11 is 0. The summed E-state index contributed by atoms with van der Waals surface area (Å²) in [5.74, 6) is -2.87. The van der Waals surface area contributed by atoms with Crippen LogP contribution in [0.2, 0.25) is 0 Å². The smallest absolute Gasteiger partial charge is 0.440 e. The number of halogens is 5. The average Bonchev–Trinajstić information content (AvgIpc) is 3.55. The molecule has 0 amide bonds. The summed E-state index contributed by atoms with van der Waals surface area (Å²) < 4.78 is 103. The highest BCUT2D eigenvalue weighted by Crippen LogP contribution is 2.40. The maximum absolute atomic E-state index is 14.6. The third-order valence-corrected chi connectivity index (χ3v) is 8.00. The van der Waals surface area contributed by atoms with E-state index in [1.165, 1.54) is 42.0 Å². The second-order valence-electron chi connectivity index (χ2n) is 10.1. The molecular weight excluding hydrogens is 605 g/mol. The van der Waals surface area contributed by atoms with Crippen LogP contribution in [0, 0.1) is 13.8 Å². The lowest BCUT2D eigenvalue weighted by molar-refractivity contribution is -0.274. The number of sulfone groups is 1. The van der Waals surface area contributed by atoms with Gasteiger partial charge in [-0.25, -0.2) is 18.4 Å². The number of alkyl halides is 5. The lowest BCUT2D eigenvalue weighted by Crippen LogP contribution is -2.16. The first-order valence-corrected chi connectivity index (χ1v) is 15.2. The monoisotopic (exact) mass is 631 g/mol. The fraction of sp³-hybridized carbons (Fsp3) is 0.226. The maximum Gasteiger partial charge on any atom is 0.573 e. The van der Waals surface area contributed by atoms with E-state index in [1.54, 1.807) is 44.2 Å². The summed E-state index contributed by atoms with van der Waals surface area (Å²) in [6.07, 6.45) is -2.97. The normalized spacial score (nSPS) is 12.5. The molecule has 2 heterocycles. The van der Waals surface area contributed by atoms with Crippen LogP contribution in [0.4, 0.5) is 22.0 Å². The van der Waals surface area contributed by atoms with Crippen LogP contribution >= 0.6 is 0 Å². The Hall–Kier alpha value is -4.52. The Kier molecular flexibility index (Phi) is 7.87. The van der Waals surface area contributed by atoms with Crippen LogP contribution in [-0.4, -0.2) is 35.6 Å². The Morgan fingerprint density at radius 3 is 2.18 bits per heavy atom. The van der Waals surface area contributed by atoms with Gasteiger partial charge in [-0.2, -0.15) is 8.78 Å². The Bertz CT molecular complexity index is 1950. The second kappa shape index (κ2) is 11.2. The molecule has 3 aromatic carbocycles. The number of hydrogen-bond acceptors (Lipinski definition) is 6. The van der Waals surface area contributed by atoms with Gasteiger partial charge in [-0.1, -0.05) is 25.1 Å². The minimum Gasteiger partial charge on any atom is -0.440 e. The van der Waals surface area contributed by atoms with Crippen molar-refractivity contribution in [3.05, 3.63) is 90.3 Å². The summed E-state index contributed by atoms with van der Waals surface area (Å²) in [6.45, 7) is 4.53. The zero-order valence-corrected chi connectivity index (χ0v) is 24.7. The molecule has 0 aliphatic heterocycles. The van der Waals surface area contributed by atoms with Crippen LogP contribution in [0.15, 0.2) is 82.2 Å². The number of oxazole rings is 1. The fourth-order valence-electron chi connectivity index (χ4n) is 4.71. The van der Waals surface area contributed by atoms with Gasteiger partial charge >= 0.3 is 6.36 Å². The molecule has 5 rings (SSSR count). The van der Waals surface area contributed by atoms with Crippen LogP contribution in [0.25, 0.3) is 39.4 Å². The fourth-order valence-corrected chi connectivity index (χ4v) is 5.38. The van der Waals surface area contributed by atoms with Gasteiger partial charge in [0.2, 0.25) is 0 Å². The van der Waals surface area contributed by atoms with E-state index in [0.29, 0.717) is 27.9 Å². The summed E-state index contributed by atoms with van der Waals surface area (Å²) in [7, 11) is -3.51. The van der Waals surface area contributed by atoms with Crippen molar-refractivity contribution in [1.29, 1.82) is 0 Å². The van der Waals surface area contributed by atoms with Crippen LogP contribution in [0.3, 0.4) is 0 Å². The van der Waals surface area contributed by atoms with Crippen LogP contribution in [0.1, 0.15) is 30.8 Å². The number of imidazole rings is 1. The zero-order valence-electron chi connectivity index (χ0n) is 23.9. The van der Waals surface area contributed by atoms with Crippen LogP contribution < -0.4 is 4.74 Å². The predicted octanol–water partition coefficient (Wildman–Crippen LogP) is 8.28.